The molecule has 116 valence electrons. The molecule has 0 spiro atoms. The van der Waals surface area contributed by atoms with E-state index in [1.165, 1.54) is 0 Å². The van der Waals surface area contributed by atoms with Crippen LogP contribution in [0.4, 0.5) is 11.4 Å². The lowest BCUT2D eigenvalue weighted by atomic mass is 10.1. The zero-order valence-electron chi connectivity index (χ0n) is 12.3. The lowest BCUT2D eigenvalue weighted by Crippen LogP contribution is -2.14. The normalized spacial score (nSPS) is 10.7. The Morgan fingerprint density at radius 1 is 1.22 bits per heavy atom. The molecule has 0 saturated carbocycles. The summed E-state index contributed by atoms with van der Waals surface area (Å²) >= 11 is 1.09. The highest BCUT2D eigenvalue weighted by molar-refractivity contribution is 7.21. The van der Waals surface area contributed by atoms with Gasteiger partial charge >= 0.3 is 0 Å². The zero-order chi connectivity index (χ0) is 16.6. The van der Waals surface area contributed by atoms with Crippen molar-refractivity contribution in [2.45, 2.75) is 6.92 Å². The Morgan fingerprint density at radius 3 is 2.57 bits per heavy atom. The predicted molar refractivity (Wildman–Crippen MR) is 91.7 cm³/mol. The van der Waals surface area contributed by atoms with Gasteiger partial charge in [-0.3, -0.25) is 9.59 Å². The number of nitrogen functional groups attached to an aromatic ring is 1. The van der Waals surface area contributed by atoms with E-state index in [1.54, 1.807) is 25.1 Å². The first kappa shape index (κ1) is 15.0. The topological polar surface area (TPSA) is 111 Å². The highest BCUT2D eigenvalue weighted by Crippen LogP contribution is 2.35. The molecule has 1 aromatic carbocycles. The number of primary amides is 1. The molecule has 6 nitrogen and oxygen atoms in total. The van der Waals surface area contributed by atoms with Crippen LogP contribution >= 0.6 is 11.3 Å². The summed E-state index contributed by atoms with van der Waals surface area (Å²) in [5.74, 6) is -0.940. The molecule has 0 atom stereocenters. The number of carbonyl (C=O) groups is 2. The fourth-order valence-electron chi connectivity index (χ4n) is 2.33. The van der Waals surface area contributed by atoms with Crippen LogP contribution in [-0.4, -0.2) is 16.8 Å². The smallest absolute Gasteiger partial charge is 0.260 e. The molecule has 0 fully saturated rings. The Bertz CT molecular complexity index is 919. The van der Waals surface area contributed by atoms with Crippen LogP contribution in [0, 0.1) is 6.92 Å². The average Bonchev–Trinajstić information content (AvgIpc) is 2.84. The molecule has 0 radical (unpaired) electrons. The second kappa shape index (κ2) is 5.69. The Kier molecular flexibility index (Phi) is 3.71. The number of aryl methyl sites for hydroxylation is 1. The van der Waals surface area contributed by atoms with Gasteiger partial charge in [0.1, 0.15) is 9.71 Å². The van der Waals surface area contributed by atoms with Crippen molar-refractivity contribution < 1.29 is 9.59 Å². The van der Waals surface area contributed by atoms with Crippen LogP contribution in [0.5, 0.6) is 0 Å². The van der Waals surface area contributed by atoms with Gasteiger partial charge in [-0.2, -0.15) is 0 Å². The molecule has 2 heterocycles. The number of carbonyl (C=O) groups excluding carboxylic acids is 2. The van der Waals surface area contributed by atoms with E-state index in [0.29, 0.717) is 27.2 Å². The zero-order valence-corrected chi connectivity index (χ0v) is 13.1. The number of fused-ring (bicyclic) bond motifs is 1. The monoisotopic (exact) mass is 326 g/mol. The summed E-state index contributed by atoms with van der Waals surface area (Å²) in [5.41, 5.74) is 13.2. The van der Waals surface area contributed by atoms with Gasteiger partial charge in [0, 0.05) is 16.8 Å². The summed E-state index contributed by atoms with van der Waals surface area (Å²) in [6.45, 7) is 1.78. The highest BCUT2D eigenvalue weighted by Gasteiger charge is 2.21. The molecular formula is C16H14N4O2S. The standard InChI is InChI=1S/C16H14N4O2S/c1-8-7-10(15(22)20-9-5-3-2-4-6-9)11-12(17)13(14(18)21)23-16(11)19-8/h2-7H,17H2,1H3,(H2,18,21)(H,20,22). The molecule has 0 aliphatic heterocycles. The maximum atomic E-state index is 12.6. The van der Waals surface area contributed by atoms with Gasteiger partial charge in [-0.15, -0.1) is 11.3 Å². The number of amides is 2. The molecule has 2 amide bonds. The minimum atomic E-state index is -0.627. The van der Waals surface area contributed by atoms with E-state index < -0.39 is 5.91 Å². The highest BCUT2D eigenvalue weighted by atomic mass is 32.1. The second-order valence-corrected chi connectivity index (χ2v) is 6.02. The third-order valence-electron chi connectivity index (χ3n) is 3.33. The second-order valence-electron chi connectivity index (χ2n) is 5.02. The van der Waals surface area contributed by atoms with Crippen molar-refractivity contribution in [1.82, 2.24) is 4.98 Å². The molecule has 3 rings (SSSR count). The van der Waals surface area contributed by atoms with E-state index >= 15 is 0 Å². The molecule has 7 heteroatoms. The Morgan fingerprint density at radius 2 is 1.91 bits per heavy atom. The number of nitrogens with one attached hydrogen (secondary N) is 1. The van der Waals surface area contributed by atoms with Crippen molar-refractivity contribution in [3.63, 3.8) is 0 Å². The van der Waals surface area contributed by atoms with Crippen molar-refractivity contribution in [3.05, 3.63) is 52.5 Å². The molecule has 0 unspecified atom stereocenters. The number of anilines is 2. The van der Waals surface area contributed by atoms with Crippen molar-refractivity contribution in [3.8, 4) is 0 Å². The first-order valence-electron chi connectivity index (χ1n) is 6.83. The number of nitrogens with zero attached hydrogens (tertiary/aromatic N) is 1. The summed E-state index contributed by atoms with van der Waals surface area (Å²) < 4.78 is 0. The number of hydrogen-bond donors (Lipinski definition) is 3. The van der Waals surface area contributed by atoms with E-state index in [9.17, 15) is 9.59 Å². The summed E-state index contributed by atoms with van der Waals surface area (Å²) in [6.07, 6.45) is 0. The molecule has 0 bridgehead atoms. The van der Waals surface area contributed by atoms with Gasteiger partial charge in [-0.05, 0) is 25.1 Å². The van der Waals surface area contributed by atoms with E-state index in [0.717, 1.165) is 11.3 Å². The summed E-state index contributed by atoms with van der Waals surface area (Å²) in [7, 11) is 0. The van der Waals surface area contributed by atoms with Crippen molar-refractivity contribution in [1.29, 1.82) is 0 Å². The van der Waals surface area contributed by atoms with Gasteiger partial charge in [-0.25, -0.2) is 4.98 Å². The van der Waals surface area contributed by atoms with E-state index in [2.05, 4.69) is 10.3 Å². The number of thiophene rings is 1. The van der Waals surface area contributed by atoms with Crippen LogP contribution in [-0.2, 0) is 0 Å². The fourth-order valence-corrected chi connectivity index (χ4v) is 3.34. The molecule has 2 aromatic heterocycles. The first-order valence-corrected chi connectivity index (χ1v) is 7.65. The summed E-state index contributed by atoms with van der Waals surface area (Å²) in [4.78, 5) is 29.2. The summed E-state index contributed by atoms with van der Waals surface area (Å²) in [6, 6.07) is 10.7. The van der Waals surface area contributed by atoms with Gasteiger partial charge in [0.15, 0.2) is 0 Å². The number of pyridine rings is 1. The Hall–Kier alpha value is -2.93. The third-order valence-corrected chi connectivity index (χ3v) is 4.44. The van der Waals surface area contributed by atoms with E-state index in [4.69, 9.17) is 11.5 Å². The number of hydrogen-bond acceptors (Lipinski definition) is 5. The van der Waals surface area contributed by atoms with Gasteiger partial charge in [0.05, 0.1) is 11.3 Å². The van der Waals surface area contributed by atoms with Crippen LogP contribution in [0.3, 0.4) is 0 Å². The number of rotatable bonds is 3. The van der Waals surface area contributed by atoms with Gasteiger partial charge < -0.3 is 16.8 Å². The lowest BCUT2D eigenvalue weighted by Gasteiger charge is -2.08. The number of para-hydroxylation sites is 1. The maximum absolute atomic E-state index is 12.6. The van der Waals surface area contributed by atoms with Crippen LogP contribution < -0.4 is 16.8 Å². The predicted octanol–water partition coefficient (Wildman–Crippen LogP) is 2.54. The van der Waals surface area contributed by atoms with Gasteiger partial charge in [0.2, 0.25) is 0 Å². The average molecular weight is 326 g/mol. The molecule has 5 N–H and O–H groups in total. The van der Waals surface area contributed by atoms with Gasteiger partial charge in [0.25, 0.3) is 11.8 Å². The van der Waals surface area contributed by atoms with Crippen molar-refractivity contribution in [2.75, 3.05) is 11.1 Å². The van der Waals surface area contributed by atoms with Crippen molar-refractivity contribution >= 4 is 44.7 Å². The van der Waals surface area contributed by atoms with E-state index in [1.807, 2.05) is 18.2 Å². The Balaban J connectivity index is 2.12. The first-order chi connectivity index (χ1) is 11.0. The fraction of sp³-hybridized carbons (Fsp3) is 0.0625. The molecule has 0 aliphatic rings. The molecule has 0 saturated heterocycles. The van der Waals surface area contributed by atoms with Crippen LogP contribution in [0.1, 0.15) is 25.7 Å². The molecule has 0 aliphatic carbocycles. The molecular weight excluding hydrogens is 312 g/mol. The number of nitrogens with two attached hydrogens (primary N) is 2. The van der Waals surface area contributed by atoms with Gasteiger partial charge in [-0.1, -0.05) is 18.2 Å². The maximum Gasteiger partial charge on any atom is 0.260 e. The SMILES string of the molecule is Cc1cc(C(=O)Nc2ccccc2)c2c(N)c(C(N)=O)sc2n1. The quantitative estimate of drug-likeness (QED) is 0.686. The molecule has 3 aromatic rings. The molecule has 23 heavy (non-hydrogen) atoms. The Labute approximate surface area is 136 Å². The minimum absolute atomic E-state index is 0.197. The third kappa shape index (κ3) is 2.74. The number of benzene rings is 1. The minimum Gasteiger partial charge on any atom is -0.397 e. The lowest BCUT2D eigenvalue weighted by molar-refractivity contribution is 0.100. The van der Waals surface area contributed by atoms with Crippen molar-refractivity contribution in [2.24, 2.45) is 5.73 Å². The van der Waals surface area contributed by atoms with Crippen LogP contribution in [0.25, 0.3) is 10.2 Å². The van der Waals surface area contributed by atoms with Crippen LogP contribution in [0.15, 0.2) is 36.4 Å². The van der Waals surface area contributed by atoms with Crippen LogP contribution in [0.2, 0.25) is 0 Å². The number of aromatic nitrogens is 1. The largest absolute Gasteiger partial charge is 0.397 e. The summed E-state index contributed by atoms with van der Waals surface area (Å²) in [5, 5.41) is 3.27. The van der Waals surface area contributed by atoms with E-state index in [-0.39, 0.29) is 16.5 Å².